The van der Waals surface area contributed by atoms with E-state index in [1.54, 1.807) is 0 Å². The molecule has 2 spiro atoms. The second-order valence-corrected chi connectivity index (χ2v) is 15.8. The first kappa shape index (κ1) is 24.2. The fraction of sp³-hybridized carbons (Fsp3) is 1.00. The Morgan fingerprint density at radius 1 is 0.824 bits per heavy atom. The Kier molecular flexibility index (Phi) is 4.86. The average molecular weight is 475 g/mol. The van der Waals surface area contributed by atoms with Gasteiger partial charge < -0.3 is 20.1 Å². The minimum Gasteiger partial charge on any atom is -0.393 e. The first-order valence-corrected chi connectivity index (χ1v) is 14.4. The summed E-state index contributed by atoms with van der Waals surface area (Å²) in [6, 6.07) is 0. The highest BCUT2D eigenvalue weighted by atomic mass is 16.5. The van der Waals surface area contributed by atoms with Crippen molar-refractivity contribution in [3.63, 3.8) is 0 Å². The van der Waals surface area contributed by atoms with Gasteiger partial charge in [-0.2, -0.15) is 0 Å². The molecule has 6 aliphatic rings. The van der Waals surface area contributed by atoms with Crippen LogP contribution in [0.25, 0.3) is 0 Å². The van der Waals surface area contributed by atoms with E-state index in [4.69, 9.17) is 4.74 Å². The van der Waals surface area contributed by atoms with Crippen molar-refractivity contribution in [2.75, 3.05) is 0 Å². The standard InChI is InChI=1S/C30H50O4/c1-25(2,3)23(32)18-9-8-17-22(34-18)24(33)28(7)20-11-10-19-26(4,5)21(31)12-13-29(19)16-30(20,29)15-14-27(17,28)6/h17-24,31-33H,8-16H2,1-7H3. The van der Waals surface area contributed by atoms with Crippen LogP contribution < -0.4 is 0 Å². The molecule has 1 heterocycles. The fourth-order valence-corrected chi connectivity index (χ4v) is 11.6. The number of ether oxygens (including phenoxy) is 1. The number of fused-ring (bicyclic) bond motifs is 4. The lowest BCUT2D eigenvalue weighted by atomic mass is 9.41. The van der Waals surface area contributed by atoms with Gasteiger partial charge in [0.05, 0.1) is 30.5 Å². The zero-order valence-electron chi connectivity index (χ0n) is 22.7. The second kappa shape index (κ2) is 6.83. The summed E-state index contributed by atoms with van der Waals surface area (Å²) in [5.74, 6) is 1.53. The normalized spacial score (nSPS) is 58.6. The zero-order chi connectivity index (χ0) is 24.7. The SMILES string of the molecule is CC(C)(C)C(O)C1CCC2C(O1)C(O)C1(C)C3CCC4C(C)(C)C(O)CCC45CC35CCC21C. The van der Waals surface area contributed by atoms with E-state index in [0.29, 0.717) is 28.6 Å². The van der Waals surface area contributed by atoms with Gasteiger partial charge in [-0.25, -0.2) is 0 Å². The van der Waals surface area contributed by atoms with E-state index >= 15 is 0 Å². The van der Waals surface area contributed by atoms with Gasteiger partial charge in [0.1, 0.15) is 0 Å². The molecule has 194 valence electrons. The van der Waals surface area contributed by atoms with Gasteiger partial charge in [-0.3, -0.25) is 0 Å². The minimum atomic E-state index is -0.506. The Bertz CT molecular complexity index is 862. The third-order valence-electron chi connectivity index (χ3n) is 13.7. The van der Waals surface area contributed by atoms with Crippen LogP contribution in [0.15, 0.2) is 0 Å². The van der Waals surface area contributed by atoms with Crippen molar-refractivity contribution >= 4 is 0 Å². The molecular formula is C30H50O4. The van der Waals surface area contributed by atoms with E-state index in [-0.39, 0.29) is 40.0 Å². The summed E-state index contributed by atoms with van der Waals surface area (Å²) in [4.78, 5) is 0. The molecule has 5 aliphatic carbocycles. The van der Waals surface area contributed by atoms with Crippen molar-refractivity contribution in [2.45, 2.75) is 137 Å². The van der Waals surface area contributed by atoms with E-state index in [1.807, 2.05) is 0 Å². The molecule has 0 aromatic carbocycles. The third kappa shape index (κ3) is 2.56. The van der Waals surface area contributed by atoms with E-state index in [2.05, 4.69) is 48.5 Å². The summed E-state index contributed by atoms with van der Waals surface area (Å²) < 4.78 is 6.68. The molecule has 0 aromatic heterocycles. The first-order chi connectivity index (χ1) is 15.7. The van der Waals surface area contributed by atoms with Crippen LogP contribution in [0.4, 0.5) is 0 Å². The zero-order valence-corrected chi connectivity index (χ0v) is 22.7. The molecule has 6 rings (SSSR count). The number of rotatable bonds is 1. The Labute approximate surface area is 207 Å². The predicted molar refractivity (Wildman–Crippen MR) is 133 cm³/mol. The molecule has 1 aliphatic heterocycles. The minimum absolute atomic E-state index is 0.00389. The van der Waals surface area contributed by atoms with Crippen molar-refractivity contribution in [2.24, 2.45) is 50.2 Å². The predicted octanol–water partition coefficient (Wildman–Crippen LogP) is 5.32. The lowest BCUT2D eigenvalue weighted by Crippen LogP contribution is -2.59. The third-order valence-corrected chi connectivity index (χ3v) is 13.7. The van der Waals surface area contributed by atoms with E-state index in [0.717, 1.165) is 19.3 Å². The molecule has 3 N–H and O–H groups in total. The highest BCUT2D eigenvalue weighted by Gasteiger charge is 2.84. The van der Waals surface area contributed by atoms with Gasteiger partial charge in [-0.1, -0.05) is 48.5 Å². The molecule has 12 atom stereocenters. The lowest BCUT2D eigenvalue weighted by molar-refractivity contribution is -0.186. The maximum absolute atomic E-state index is 12.1. The second-order valence-electron chi connectivity index (χ2n) is 15.8. The average Bonchev–Trinajstić information content (AvgIpc) is 3.41. The van der Waals surface area contributed by atoms with Crippen LogP contribution in [0, 0.1) is 50.2 Å². The van der Waals surface area contributed by atoms with Crippen LogP contribution in [0.3, 0.4) is 0 Å². The Morgan fingerprint density at radius 3 is 2.15 bits per heavy atom. The number of aliphatic hydroxyl groups excluding tert-OH is 3. The summed E-state index contributed by atoms with van der Waals surface area (Å²) in [6.07, 6.45) is 8.73. The van der Waals surface area contributed by atoms with Crippen molar-refractivity contribution in [3.05, 3.63) is 0 Å². The molecule has 34 heavy (non-hydrogen) atoms. The van der Waals surface area contributed by atoms with E-state index in [1.165, 1.54) is 38.5 Å². The molecule has 6 fully saturated rings. The van der Waals surface area contributed by atoms with Crippen LogP contribution in [0.5, 0.6) is 0 Å². The number of hydrogen-bond acceptors (Lipinski definition) is 4. The lowest BCUT2D eigenvalue weighted by Gasteiger charge is -2.63. The van der Waals surface area contributed by atoms with Crippen molar-refractivity contribution in [3.8, 4) is 0 Å². The largest absolute Gasteiger partial charge is 0.393 e. The summed E-state index contributed by atoms with van der Waals surface area (Å²) >= 11 is 0. The monoisotopic (exact) mass is 474 g/mol. The molecule has 0 amide bonds. The quantitative estimate of drug-likeness (QED) is 0.481. The molecule has 5 saturated carbocycles. The van der Waals surface area contributed by atoms with Gasteiger partial charge in [0, 0.05) is 5.41 Å². The summed E-state index contributed by atoms with van der Waals surface area (Å²) in [5.41, 5.74) is 0.448. The van der Waals surface area contributed by atoms with Gasteiger partial charge in [-0.15, -0.1) is 0 Å². The van der Waals surface area contributed by atoms with Crippen molar-refractivity contribution in [1.82, 2.24) is 0 Å². The first-order valence-electron chi connectivity index (χ1n) is 14.4. The number of hydrogen-bond donors (Lipinski definition) is 3. The van der Waals surface area contributed by atoms with E-state index in [9.17, 15) is 15.3 Å². The Morgan fingerprint density at radius 2 is 1.47 bits per heavy atom. The molecule has 4 heteroatoms. The molecule has 0 bridgehead atoms. The van der Waals surface area contributed by atoms with Crippen LogP contribution in [0.2, 0.25) is 0 Å². The molecule has 1 saturated heterocycles. The highest BCUT2D eigenvalue weighted by molar-refractivity contribution is 5.32. The maximum Gasteiger partial charge on any atom is 0.0878 e. The van der Waals surface area contributed by atoms with Crippen LogP contribution in [-0.4, -0.2) is 45.8 Å². The Balaban J connectivity index is 1.34. The van der Waals surface area contributed by atoms with E-state index < -0.39 is 12.2 Å². The van der Waals surface area contributed by atoms with Crippen LogP contribution in [-0.2, 0) is 4.74 Å². The number of aliphatic hydroxyl groups is 3. The summed E-state index contributed by atoms with van der Waals surface area (Å²) in [7, 11) is 0. The smallest absolute Gasteiger partial charge is 0.0878 e. The molecule has 0 radical (unpaired) electrons. The molecule has 4 nitrogen and oxygen atoms in total. The van der Waals surface area contributed by atoms with Gasteiger partial charge in [-0.05, 0) is 103 Å². The van der Waals surface area contributed by atoms with Gasteiger partial charge >= 0.3 is 0 Å². The molecule has 0 aromatic rings. The van der Waals surface area contributed by atoms with Crippen molar-refractivity contribution < 1.29 is 20.1 Å². The molecular weight excluding hydrogens is 424 g/mol. The topological polar surface area (TPSA) is 69.9 Å². The molecule has 12 unspecified atom stereocenters. The van der Waals surface area contributed by atoms with Gasteiger partial charge in [0.15, 0.2) is 0 Å². The Hall–Kier alpha value is -0.160. The van der Waals surface area contributed by atoms with Crippen LogP contribution >= 0.6 is 0 Å². The summed E-state index contributed by atoms with van der Waals surface area (Å²) in [6.45, 7) is 15.8. The summed E-state index contributed by atoms with van der Waals surface area (Å²) in [5, 5.41) is 34.0. The van der Waals surface area contributed by atoms with Gasteiger partial charge in [0.25, 0.3) is 0 Å². The highest BCUT2D eigenvalue weighted by Crippen LogP contribution is 2.89. The fourth-order valence-electron chi connectivity index (χ4n) is 11.6. The van der Waals surface area contributed by atoms with Crippen molar-refractivity contribution in [1.29, 1.82) is 0 Å². The maximum atomic E-state index is 12.1. The van der Waals surface area contributed by atoms with Gasteiger partial charge in [0.2, 0.25) is 0 Å². The van der Waals surface area contributed by atoms with Crippen LogP contribution in [0.1, 0.15) is 106 Å².